The van der Waals surface area contributed by atoms with Gasteiger partial charge in [0.25, 0.3) is 5.91 Å². The first kappa shape index (κ1) is 14.6. The van der Waals surface area contributed by atoms with Crippen LogP contribution >= 0.6 is 35.6 Å². The summed E-state index contributed by atoms with van der Waals surface area (Å²) in [4.78, 5) is 14.7. The van der Waals surface area contributed by atoms with Crippen LogP contribution in [0, 0.1) is 0 Å². The van der Waals surface area contributed by atoms with Gasteiger partial charge in [-0.05, 0) is 38.5 Å². The summed E-state index contributed by atoms with van der Waals surface area (Å²) in [5.74, 6) is -0.0533. The minimum Gasteiger partial charge on any atom is -0.288 e. The van der Waals surface area contributed by atoms with E-state index >= 15 is 0 Å². The lowest BCUT2D eigenvalue weighted by atomic mass is 10.1. The van der Waals surface area contributed by atoms with E-state index in [1.54, 1.807) is 17.0 Å². The first-order valence-corrected chi connectivity index (χ1v) is 7.43. The zero-order valence-electron chi connectivity index (χ0n) is 10.9. The molecule has 0 spiro atoms. The maximum atomic E-state index is 12.4. The first-order valence-electron chi connectivity index (χ1n) is 5.83. The Morgan fingerprint density at radius 1 is 1.32 bits per heavy atom. The molecule has 0 aliphatic carbocycles. The maximum Gasteiger partial charge on any atom is 0.266 e. The molecule has 5 heteroatoms. The second-order valence-electron chi connectivity index (χ2n) is 5.21. The fourth-order valence-corrected chi connectivity index (χ4v) is 3.60. The third kappa shape index (κ3) is 3.02. The molecule has 19 heavy (non-hydrogen) atoms. The summed E-state index contributed by atoms with van der Waals surface area (Å²) < 4.78 is 0.593. The minimum absolute atomic E-state index is 0.0533. The Labute approximate surface area is 127 Å². The lowest BCUT2D eigenvalue weighted by Crippen LogP contribution is -2.44. The van der Waals surface area contributed by atoms with Gasteiger partial charge < -0.3 is 0 Å². The number of amides is 1. The van der Waals surface area contributed by atoms with Crippen LogP contribution in [0.3, 0.4) is 0 Å². The summed E-state index contributed by atoms with van der Waals surface area (Å²) in [6.45, 7) is 5.91. The van der Waals surface area contributed by atoms with Crippen LogP contribution in [0.25, 0.3) is 6.08 Å². The Bertz CT molecular complexity index is 575. The van der Waals surface area contributed by atoms with Crippen molar-refractivity contribution in [1.29, 1.82) is 0 Å². The van der Waals surface area contributed by atoms with Crippen LogP contribution < -0.4 is 0 Å². The third-order valence-electron chi connectivity index (χ3n) is 2.66. The predicted octanol–water partition coefficient (Wildman–Crippen LogP) is 4.34. The lowest BCUT2D eigenvalue weighted by molar-refractivity contribution is -0.125. The monoisotopic (exact) mass is 311 g/mol. The molecular weight excluding hydrogens is 298 g/mol. The molecule has 1 amide bonds. The molecule has 1 aliphatic rings. The summed E-state index contributed by atoms with van der Waals surface area (Å²) in [5.41, 5.74) is 0.524. The van der Waals surface area contributed by atoms with Gasteiger partial charge in [0.05, 0.1) is 4.91 Å². The summed E-state index contributed by atoms with van der Waals surface area (Å²) in [5, 5.41) is 0.628. The molecule has 0 bridgehead atoms. The highest BCUT2D eigenvalue weighted by atomic mass is 35.5. The number of carbonyl (C=O) groups is 1. The van der Waals surface area contributed by atoms with Crippen LogP contribution in [0.2, 0.25) is 5.02 Å². The fraction of sp³-hybridized carbons (Fsp3) is 0.286. The van der Waals surface area contributed by atoms with Crippen molar-refractivity contribution in [2.24, 2.45) is 0 Å². The van der Waals surface area contributed by atoms with Crippen LogP contribution in [0.15, 0.2) is 29.2 Å². The van der Waals surface area contributed by atoms with Gasteiger partial charge in [-0.25, -0.2) is 0 Å². The van der Waals surface area contributed by atoms with Crippen molar-refractivity contribution in [2.45, 2.75) is 26.3 Å². The highest BCUT2D eigenvalue weighted by Gasteiger charge is 2.39. The molecule has 0 atom stereocenters. The first-order chi connectivity index (χ1) is 8.80. The minimum atomic E-state index is -0.308. The van der Waals surface area contributed by atoms with E-state index in [1.165, 1.54) is 11.8 Å². The SMILES string of the molecule is CC(C)(C)N1C(=O)/C(=C/c2ccccc2Cl)SC1=S. The van der Waals surface area contributed by atoms with Gasteiger partial charge >= 0.3 is 0 Å². The molecule has 100 valence electrons. The average molecular weight is 312 g/mol. The van der Waals surface area contributed by atoms with Crippen molar-refractivity contribution in [1.82, 2.24) is 4.90 Å². The van der Waals surface area contributed by atoms with E-state index in [4.69, 9.17) is 23.8 Å². The molecule has 2 rings (SSSR count). The zero-order valence-corrected chi connectivity index (χ0v) is 13.3. The number of halogens is 1. The van der Waals surface area contributed by atoms with Crippen LogP contribution in [0.4, 0.5) is 0 Å². The van der Waals surface area contributed by atoms with E-state index in [2.05, 4.69) is 0 Å². The second-order valence-corrected chi connectivity index (χ2v) is 7.29. The molecule has 1 aromatic rings. The molecule has 1 aromatic carbocycles. The Hall–Kier alpha value is -0.840. The van der Waals surface area contributed by atoms with Gasteiger partial charge in [0.2, 0.25) is 0 Å². The van der Waals surface area contributed by atoms with Crippen molar-refractivity contribution in [3.05, 3.63) is 39.8 Å². The number of nitrogens with zero attached hydrogens (tertiary/aromatic N) is 1. The quantitative estimate of drug-likeness (QED) is 0.568. The van der Waals surface area contributed by atoms with Gasteiger partial charge in [-0.3, -0.25) is 9.69 Å². The number of carbonyl (C=O) groups excluding carboxylic acids is 1. The molecule has 1 heterocycles. The Kier molecular flexibility index (Phi) is 4.04. The number of hydrogen-bond donors (Lipinski definition) is 0. The normalized spacial score (nSPS) is 18.5. The van der Waals surface area contributed by atoms with E-state index in [1.807, 2.05) is 39.0 Å². The number of hydrogen-bond acceptors (Lipinski definition) is 3. The summed E-state index contributed by atoms with van der Waals surface area (Å²) >= 11 is 12.7. The zero-order chi connectivity index (χ0) is 14.2. The molecule has 0 N–H and O–H groups in total. The van der Waals surface area contributed by atoms with E-state index in [0.29, 0.717) is 14.2 Å². The van der Waals surface area contributed by atoms with Crippen molar-refractivity contribution in [2.75, 3.05) is 0 Å². The summed E-state index contributed by atoms with van der Waals surface area (Å²) in [7, 11) is 0. The highest BCUT2D eigenvalue weighted by molar-refractivity contribution is 8.26. The van der Waals surface area contributed by atoms with Gasteiger partial charge in [-0.15, -0.1) is 0 Å². The van der Waals surface area contributed by atoms with Gasteiger partial charge in [0.1, 0.15) is 4.32 Å². The Balaban J connectivity index is 2.37. The van der Waals surface area contributed by atoms with Gasteiger partial charge in [0, 0.05) is 10.6 Å². The maximum absolute atomic E-state index is 12.4. The van der Waals surface area contributed by atoms with E-state index in [0.717, 1.165) is 5.56 Å². The number of thiocarbonyl (C=S) groups is 1. The fourth-order valence-electron chi connectivity index (χ4n) is 1.78. The van der Waals surface area contributed by atoms with Crippen LogP contribution in [0.5, 0.6) is 0 Å². The Morgan fingerprint density at radius 3 is 2.47 bits per heavy atom. The van der Waals surface area contributed by atoms with Gasteiger partial charge in [-0.2, -0.15) is 0 Å². The second kappa shape index (κ2) is 5.27. The molecule has 1 saturated heterocycles. The number of benzene rings is 1. The van der Waals surface area contributed by atoms with Gasteiger partial charge in [-0.1, -0.05) is 53.8 Å². The molecule has 0 unspecified atom stereocenters. The third-order valence-corrected chi connectivity index (χ3v) is 4.30. The van der Waals surface area contributed by atoms with E-state index in [9.17, 15) is 4.79 Å². The highest BCUT2D eigenvalue weighted by Crippen LogP contribution is 2.37. The largest absolute Gasteiger partial charge is 0.288 e. The van der Waals surface area contributed by atoms with Gasteiger partial charge in [0.15, 0.2) is 0 Å². The van der Waals surface area contributed by atoms with Crippen LogP contribution in [-0.4, -0.2) is 20.7 Å². The van der Waals surface area contributed by atoms with E-state index in [-0.39, 0.29) is 11.4 Å². The molecule has 2 nitrogen and oxygen atoms in total. The topological polar surface area (TPSA) is 20.3 Å². The molecule has 0 radical (unpaired) electrons. The van der Waals surface area contributed by atoms with Crippen molar-refractivity contribution in [3.8, 4) is 0 Å². The van der Waals surface area contributed by atoms with Crippen LogP contribution in [0.1, 0.15) is 26.3 Å². The molecular formula is C14H14ClNOS2. The van der Waals surface area contributed by atoms with Crippen LogP contribution in [-0.2, 0) is 4.79 Å². The molecule has 0 aromatic heterocycles. The number of rotatable bonds is 1. The molecule has 0 saturated carbocycles. The molecule has 1 fully saturated rings. The van der Waals surface area contributed by atoms with Crippen molar-refractivity contribution >= 4 is 51.9 Å². The summed E-state index contributed by atoms with van der Waals surface area (Å²) in [6.07, 6.45) is 1.80. The van der Waals surface area contributed by atoms with Crippen molar-refractivity contribution < 1.29 is 4.79 Å². The van der Waals surface area contributed by atoms with E-state index < -0.39 is 0 Å². The van der Waals surface area contributed by atoms with Crippen molar-refractivity contribution in [3.63, 3.8) is 0 Å². The molecule has 1 aliphatic heterocycles. The lowest BCUT2D eigenvalue weighted by Gasteiger charge is -2.30. The number of thioether (sulfide) groups is 1. The predicted molar refractivity (Wildman–Crippen MR) is 86.2 cm³/mol. The Morgan fingerprint density at radius 2 is 1.95 bits per heavy atom. The summed E-state index contributed by atoms with van der Waals surface area (Å²) in [6, 6.07) is 7.44. The smallest absolute Gasteiger partial charge is 0.266 e. The standard InChI is InChI=1S/C14H14ClNOS2/c1-14(2,3)16-12(17)11(19-13(16)18)8-9-6-4-5-7-10(9)15/h4-8H,1-3H3/b11-8-. The average Bonchev–Trinajstić information content (AvgIpc) is 2.56.